The van der Waals surface area contributed by atoms with Crippen molar-refractivity contribution in [2.75, 3.05) is 0 Å². The molecule has 0 aliphatic carbocycles. The van der Waals surface area contributed by atoms with Crippen molar-refractivity contribution in [3.05, 3.63) is 83.8 Å². The van der Waals surface area contributed by atoms with Gasteiger partial charge in [0, 0.05) is 0 Å². The van der Waals surface area contributed by atoms with Crippen molar-refractivity contribution in [3.8, 4) is 0 Å². The number of rotatable bonds is 5. The first kappa shape index (κ1) is 15.9. The number of hydrogen-bond donors (Lipinski definition) is 0. The molecule has 0 saturated carbocycles. The van der Waals surface area contributed by atoms with Crippen LogP contribution in [0, 0.1) is 0 Å². The topological polar surface area (TPSA) is 37.9 Å². The second-order valence-electron chi connectivity index (χ2n) is 5.84. The van der Waals surface area contributed by atoms with Crippen LogP contribution >= 0.6 is 0 Å². The van der Waals surface area contributed by atoms with Gasteiger partial charge >= 0.3 is 0 Å². The molecular weight excluding hydrogens is 296 g/mol. The minimum absolute atomic E-state index is 0.527. The lowest BCUT2D eigenvalue weighted by atomic mass is 10.0. The average Bonchev–Trinajstić information content (AvgIpc) is 3.07. The van der Waals surface area contributed by atoms with Crippen molar-refractivity contribution in [2.45, 2.75) is 19.8 Å². The zero-order valence-corrected chi connectivity index (χ0v) is 13.9. The van der Waals surface area contributed by atoms with E-state index in [0.29, 0.717) is 17.4 Å². The fourth-order valence-corrected chi connectivity index (χ4v) is 2.24. The minimum atomic E-state index is 0.527. The van der Waals surface area contributed by atoms with E-state index < -0.39 is 0 Å². The maximum absolute atomic E-state index is 5.69. The van der Waals surface area contributed by atoms with Crippen LogP contribution in [0.1, 0.15) is 36.8 Å². The zero-order chi connectivity index (χ0) is 16.8. The van der Waals surface area contributed by atoms with E-state index in [1.165, 1.54) is 5.56 Å². The van der Waals surface area contributed by atoms with E-state index in [1.54, 1.807) is 12.4 Å². The summed E-state index contributed by atoms with van der Waals surface area (Å²) in [5.41, 5.74) is 3.12. The second-order valence-corrected chi connectivity index (χ2v) is 5.84. The summed E-state index contributed by atoms with van der Waals surface area (Å²) in [5.74, 6) is 1.94. The van der Waals surface area contributed by atoms with Crippen LogP contribution in [-0.2, 0) is 0 Å². The van der Waals surface area contributed by atoms with Crippen molar-refractivity contribution in [1.82, 2.24) is 0 Å². The first-order valence-corrected chi connectivity index (χ1v) is 8.04. The zero-order valence-electron chi connectivity index (χ0n) is 13.9. The second kappa shape index (κ2) is 7.55. The monoisotopic (exact) mass is 316 g/mol. The lowest BCUT2D eigenvalue weighted by molar-refractivity contribution is 0.553. The Hall–Kier alpha value is -2.94. The molecule has 1 heterocycles. The fourth-order valence-electron chi connectivity index (χ4n) is 2.24. The molecule has 0 N–H and O–H groups in total. The molecule has 0 atom stereocenters. The lowest BCUT2D eigenvalue weighted by Gasteiger charge is -2.04. The summed E-state index contributed by atoms with van der Waals surface area (Å²) in [6.45, 7) is 4.36. The van der Waals surface area contributed by atoms with Crippen LogP contribution in [-0.4, -0.2) is 12.4 Å². The number of furan rings is 1. The predicted molar refractivity (Wildman–Crippen MR) is 100 cm³/mol. The highest BCUT2D eigenvalue weighted by Crippen LogP contribution is 2.19. The third-order valence-electron chi connectivity index (χ3n) is 3.65. The van der Waals surface area contributed by atoms with Crippen LogP contribution in [0.25, 0.3) is 0 Å². The van der Waals surface area contributed by atoms with Gasteiger partial charge in [0.25, 0.3) is 0 Å². The first-order chi connectivity index (χ1) is 11.7. The Bertz CT molecular complexity index is 828. The maximum Gasteiger partial charge on any atom is 0.145 e. The Morgan fingerprint density at radius 2 is 1.25 bits per heavy atom. The molecule has 24 heavy (non-hydrogen) atoms. The molecule has 0 aliphatic heterocycles. The molecule has 3 nitrogen and oxygen atoms in total. The van der Waals surface area contributed by atoms with Gasteiger partial charge in [-0.05, 0) is 47.9 Å². The summed E-state index contributed by atoms with van der Waals surface area (Å²) in [6.07, 6.45) is 3.44. The average molecular weight is 316 g/mol. The van der Waals surface area contributed by atoms with E-state index >= 15 is 0 Å². The van der Waals surface area contributed by atoms with Crippen LogP contribution in [0.5, 0.6) is 0 Å². The van der Waals surface area contributed by atoms with Crippen LogP contribution in [0.15, 0.2) is 81.1 Å². The summed E-state index contributed by atoms with van der Waals surface area (Å²) in [7, 11) is 0. The molecule has 0 radical (unpaired) electrons. The largest absolute Gasteiger partial charge is 0.454 e. The quantitative estimate of drug-likeness (QED) is 0.540. The van der Waals surface area contributed by atoms with Gasteiger partial charge in [0.05, 0.1) is 23.8 Å². The molecule has 120 valence electrons. The molecule has 0 bridgehead atoms. The maximum atomic E-state index is 5.69. The molecule has 0 saturated heterocycles. The van der Waals surface area contributed by atoms with E-state index in [2.05, 4.69) is 36.0 Å². The van der Waals surface area contributed by atoms with Gasteiger partial charge in [-0.25, -0.2) is 0 Å². The van der Waals surface area contributed by atoms with Gasteiger partial charge in [0.15, 0.2) is 0 Å². The van der Waals surface area contributed by atoms with Crippen LogP contribution in [0.3, 0.4) is 0 Å². The smallest absolute Gasteiger partial charge is 0.145 e. The summed E-state index contributed by atoms with van der Waals surface area (Å²) >= 11 is 0. The summed E-state index contributed by atoms with van der Waals surface area (Å²) in [4.78, 5) is 8.82. The molecule has 3 rings (SSSR count). The molecular formula is C21H20N2O. The molecule has 2 aromatic carbocycles. The Morgan fingerprint density at radius 1 is 0.708 bits per heavy atom. The van der Waals surface area contributed by atoms with E-state index in [-0.39, 0.29) is 0 Å². The third kappa shape index (κ3) is 4.29. The van der Waals surface area contributed by atoms with Gasteiger partial charge < -0.3 is 4.42 Å². The normalized spacial score (nSPS) is 11.8. The molecule has 1 aromatic heterocycles. The predicted octanol–water partition coefficient (Wildman–Crippen LogP) is 5.90. The molecule has 3 heteroatoms. The SMILES string of the molecule is CC(C)c1ccc(N=Cc2ccc(C=Nc3ccccc3)o2)cc1. The van der Waals surface area contributed by atoms with E-state index in [9.17, 15) is 0 Å². The molecule has 0 amide bonds. The summed E-state index contributed by atoms with van der Waals surface area (Å²) in [6, 6.07) is 21.8. The van der Waals surface area contributed by atoms with Crippen LogP contribution in [0.4, 0.5) is 11.4 Å². The van der Waals surface area contributed by atoms with Gasteiger partial charge in [0.2, 0.25) is 0 Å². The number of para-hydroxylation sites is 1. The number of nitrogens with zero attached hydrogens (tertiary/aromatic N) is 2. The van der Waals surface area contributed by atoms with Crippen molar-refractivity contribution in [2.24, 2.45) is 9.98 Å². The van der Waals surface area contributed by atoms with Crippen molar-refractivity contribution < 1.29 is 4.42 Å². The van der Waals surface area contributed by atoms with Crippen LogP contribution < -0.4 is 0 Å². The Kier molecular flexibility index (Phi) is 5.02. The number of hydrogen-bond acceptors (Lipinski definition) is 3. The van der Waals surface area contributed by atoms with Crippen molar-refractivity contribution >= 4 is 23.8 Å². The van der Waals surface area contributed by atoms with E-state index in [0.717, 1.165) is 11.4 Å². The minimum Gasteiger partial charge on any atom is -0.454 e. The molecule has 0 spiro atoms. The van der Waals surface area contributed by atoms with Gasteiger partial charge in [-0.3, -0.25) is 9.98 Å². The van der Waals surface area contributed by atoms with Crippen molar-refractivity contribution in [3.63, 3.8) is 0 Å². The standard InChI is InChI=1S/C21H20N2O/c1-16(2)17-8-10-19(11-9-17)23-15-21-13-12-20(24-21)14-22-18-6-4-3-5-7-18/h3-16H,1-2H3. The number of aliphatic imine (C=N–C) groups is 2. The van der Waals surface area contributed by atoms with E-state index in [4.69, 9.17) is 4.42 Å². The summed E-state index contributed by atoms with van der Waals surface area (Å²) in [5, 5.41) is 0. The van der Waals surface area contributed by atoms with Gasteiger partial charge in [-0.2, -0.15) is 0 Å². The Balaban J connectivity index is 1.66. The first-order valence-electron chi connectivity index (χ1n) is 8.04. The highest BCUT2D eigenvalue weighted by atomic mass is 16.3. The lowest BCUT2D eigenvalue weighted by Crippen LogP contribution is -1.84. The molecule has 0 fully saturated rings. The summed E-state index contributed by atoms with van der Waals surface area (Å²) < 4.78 is 5.69. The van der Waals surface area contributed by atoms with Crippen LogP contribution in [0.2, 0.25) is 0 Å². The molecule has 0 unspecified atom stereocenters. The molecule has 0 aliphatic rings. The third-order valence-corrected chi connectivity index (χ3v) is 3.65. The molecule has 3 aromatic rings. The van der Waals surface area contributed by atoms with E-state index in [1.807, 2.05) is 54.6 Å². The van der Waals surface area contributed by atoms with Crippen molar-refractivity contribution in [1.29, 1.82) is 0 Å². The Morgan fingerprint density at radius 3 is 1.79 bits per heavy atom. The van der Waals surface area contributed by atoms with Gasteiger partial charge in [-0.1, -0.05) is 44.2 Å². The Labute approximate surface area is 142 Å². The highest BCUT2D eigenvalue weighted by Gasteiger charge is 1.99. The number of benzene rings is 2. The highest BCUT2D eigenvalue weighted by molar-refractivity contribution is 5.83. The fraction of sp³-hybridized carbons (Fsp3) is 0.143. The van der Waals surface area contributed by atoms with Gasteiger partial charge in [0.1, 0.15) is 11.5 Å². The van der Waals surface area contributed by atoms with Gasteiger partial charge in [-0.15, -0.1) is 0 Å².